The van der Waals surface area contributed by atoms with Crippen LogP contribution in [0.15, 0.2) is 46.3 Å². The fraction of sp³-hybridized carbons (Fsp3) is 0.333. The van der Waals surface area contributed by atoms with Crippen molar-refractivity contribution in [3.63, 3.8) is 0 Å². The second-order valence-electron chi connectivity index (χ2n) is 7.97. The van der Waals surface area contributed by atoms with Gasteiger partial charge in [0.1, 0.15) is 0 Å². The molecule has 0 bridgehead atoms. The molecular formula is C21H19Cl2NO2S. The van der Waals surface area contributed by atoms with Crippen LogP contribution in [-0.4, -0.2) is 11.7 Å². The summed E-state index contributed by atoms with van der Waals surface area (Å²) in [7, 11) is 0. The van der Waals surface area contributed by atoms with Crippen molar-refractivity contribution in [2.45, 2.75) is 39.0 Å². The van der Waals surface area contributed by atoms with Crippen molar-refractivity contribution >= 4 is 51.9 Å². The number of hydrogen-bond donors (Lipinski definition) is 0. The Labute approximate surface area is 172 Å². The zero-order valence-corrected chi connectivity index (χ0v) is 17.4. The predicted octanol–water partition coefficient (Wildman–Crippen LogP) is 6.22. The lowest BCUT2D eigenvalue weighted by Gasteiger charge is -2.42. The Kier molecular flexibility index (Phi) is 4.69. The quantitative estimate of drug-likeness (QED) is 0.579. The first-order valence-electron chi connectivity index (χ1n) is 8.82. The molecule has 1 aliphatic carbocycles. The molecule has 0 saturated heterocycles. The number of rotatable bonds is 2. The summed E-state index contributed by atoms with van der Waals surface area (Å²) in [6, 6.07) is 7.10. The average molecular weight is 420 g/mol. The van der Waals surface area contributed by atoms with Crippen molar-refractivity contribution < 1.29 is 9.59 Å². The first-order valence-corrected chi connectivity index (χ1v) is 10.5. The van der Waals surface area contributed by atoms with E-state index in [1.807, 2.05) is 16.8 Å². The summed E-state index contributed by atoms with van der Waals surface area (Å²) in [6.45, 7) is 4.13. The number of carbonyl (C=O) groups is 2. The van der Waals surface area contributed by atoms with E-state index in [9.17, 15) is 9.59 Å². The second kappa shape index (κ2) is 6.77. The van der Waals surface area contributed by atoms with E-state index >= 15 is 0 Å². The number of nitrogens with zero attached hydrogens (tertiary/aromatic N) is 1. The van der Waals surface area contributed by atoms with E-state index in [0.29, 0.717) is 28.6 Å². The molecule has 4 rings (SSSR count). The van der Waals surface area contributed by atoms with Gasteiger partial charge in [-0.3, -0.25) is 14.5 Å². The standard InChI is InChI=1S/C21H19Cl2NO2S/c1-21(2)9-17-20(18(25)10-21)16(12-3-4-27-11-12)8-19(26)24(17)15-6-13(22)5-14(23)7-15/h3-7,11,16H,8-10H2,1-2H3/t16-/m0/s1. The monoisotopic (exact) mass is 419 g/mol. The van der Waals surface area contributed by atoms with Gasteiger partial charge in [-0.15, -0.1) is 0 Å². The van der Waals surface area contributed by atoms with Gasteiger partial charge in [-0.05, 0) is 52.4 Å². The van der Waals surface area contributed by atoms with Crippen LogP contribution in [-0.2, 0) is 9.59 Å². The summed E-state index contributed by atoms with van der Waals surface area (Å²) in [6.07, 6.45) is 1.42. The normalized spacial score (nSPS) is 22.2. The van der Waals surface area contributed by atoms with Gasteiger partial charge < -0.3 is 0 Å². The smallest absolute Gasteiger partial charge is 0.232 e. The molecule has 27 heavy (non-hydrogen) atoms. The highest BCUT2D eigenvalue weighted by Crippen LogP contribution is 2.48. The Morgan fingerprint density at radius 2 is 1.81 bits per heavy atom. The van der Waals surface area contributed by atoms with Gasteiger partial charge in [0, 0.05) is 40.1 Å². The molecule has 2 aliphatic rings. The van der Waals surface area contributed by atoms with Crippen LogP contribution in [0.1, 0.15) is 44.6 Å². The average Bonchev–Trinajstić information content (AvgIpc) is 3.05. The minimum absolute atomic E-state index is 0.0335. The van der Waals surface area contributed by atoms with Gasteiger partial charge >= 0.3 is 0 Å². The Hall–Kier alpha value is -1.62. The maximum atomic E-state index is 13.2. The van der Waals surface area contributed by atoms with Crippen LogP contribution in [0.3, 0.4) is 0 Å². The highest BCUT2D eigenvalue weighted by atomic mass is 35.5. The number of hydrogen-bond acceptors (Lipinski definition) is 3. The number of halogens is 2. The Bertz CT molecular complexity index is 942. The molecule has 1 aromatic carbocycles. The highest BCUT2D eigenvalue weighted by molar-refractivity contribution is 7.08. The lowest BCUT2D eigenvalue weighted by molar-refractivity contribution is -0.121. The second-order valence-corrected chi connectivity index (χ2v) is 9.62. The molecule has 0 fully saturated rings. The lowest BCUT2D eigenvalue weighted by Crippen LogP contribution is -2.43. The maximum absolute atomic E-state index is 13.2. The molecule has 0 radical (unpaired) electrons. The van der Waals surface area contributed by atoms with Crippen molar-refractivity contribution in [2.24, 2.45) is 5.41 Å². The van der Waals surface area contributed by atoms with Gasteiger partial charge in [0.05, 0.1) is 5.69 Å². The van der Waals surface area contributed by atoms with Crippen molar-refractivity contribution in [2.75, 3.05) is 4.90 Å². The van der Waals surface area contributed by atoms with E-state index in [1.165, 1.54) is 0 Å². The summed E-state index contributed by atoms with van der Waals surface area (Å²) in [5.74, 6) is -0.0786. The van der Waals surface area contributed by atoms with Crippen molar-refractivity contribution in [1.82, 2.24) is 0 Å². The molecular weight excluding hydrogens is 401 g/mol. The van der Waals surface area contributed by atoms with Crippen molar-refractivity contribution in [3.8, 4) is 0 Å². The number of thiophene rings is 1. The molecule has 2 aromatic rings. The van der Waals surface area contributed by atoms with E-state index in [0.717, 1.165) is 16.8 Å². The van der Waals surface area contributed by atoms with Gasteiger partial charge in [-0.2, -0.15) is 11.3 Å². The van der Waals surface area contributed by atoms with Gasteiger partial charge in [0.15, 0.2) is 5.78 Å². The molecule has 1 amide bonds. The van der Waals surface area contributed by atoms with Gasteiger partial charge in [0.2, 0.25) is 5.91 Å². The number of benzene rings is 1. The van der Waals surface area contributed by atoms with E-state index in [4.69, 9.17) is 23.2 Å². The molecule has 6 heteroatoms. The molecule has 1 atom stereocenters. The molecule has 1 aliphatic heterocycles. The fourth-order valence-corrected chi connectivity index (χ4v) is 5.37. The number of ketones is 1. The molecule has 0 saturated carbocycles. The summed E-state index contributed by atoms with van der Waals surface area (Å²) < 4.78 is 0. The summed E-state index contributed by atoms with van der Waals surface area (Å²) in [4.78, 5) is 28.0. The van der Waals surface area contributed by atoms with E-state index in [1.54, 1.807) is 34.4 Å². The molecule has 1 aromatic heterocycles. The van der Waals surface area contributed by atoms with E-state index in [-0.39, 0.29) is 29.4 Å². The highest BCUT2D eigenvalue weighted by Gasteiger charge is 2.44. The van der Waals surface area contributed by atoms with Gasteiger partial charge in [-0.1, -0.05) is 37.0 Å². The summed E-state index contributed by atoms with van der Waals surface area (Å²) >= 11 is 13.9. The molecule has 0 spiro atoms. The number of allylic oxidation sites excluding steroid dienone is 2. The Morgan fingerprint density at radius 3 is 2.44 bits per heavy atom. The Morgan fingerprint density at radius 1 is 1.11 bits per heavy atom. The minimum Gasteiger partial charge on any atom is -0.294 e. The van der Waals surface area contributed by atoms with Crippen LogP contribution in [0.2, 0.25) is 10.0 Å². The summed E-state index contributed by atoms with van der Waals surface area (Å²) in [5.41, 5.74) is 3.02. The third-order valence-corrected chi connectivity index (χ3v) is 6.33. The SMILES string of the molecule is CC1(C)CC(=O)C2=C(C1)N(c1cc(Cl)cc(Cl)c1)C(=O)C[C@H]2c1ccsc1. The molecule has 0 unspecified atom stereocenters. The summed E-state index contributed by atoms with van der Waals surface area (Å²) in [5, 5.41) is 4.95. The molecule has 0 N–H and O–H groups in total. The van der Waals surface area contributed by atoms with Crippen LogP contribution in [0, 0.1) is 5.41 Å². The van der Waals surface area contributed by atoms with Crippen LogP contribution < -0.4 is 4.90 Å². The third kappa shape index (κ3) is 3.46. The molecule has 140 valence electrons. The predicted molar refractivity (Wildman–Crippen MR) is 111 cm³/mol. The van der Waals surface area contributed by atoms with Crippen molar-refractivity contribution in [3.05, 3.63) is 61.9 Å². The Balaban J connectivity index is 1.92. The van der Waals surface area contributed by atoms with Crippen LogP contribution >= 0.6 is 34.5 Å². The first kappa shape index (κ1) is 18.7. The van der Waals surface area contributed by atoms with Crippen LogP contribution in [0.4, 0.5) is 5.69 Å². The minimum atomic E-state index is -0.201. The molecule has 3 nitrogen and oxygen atoms in total. The maximum Gasteiger partial charge on any atom is 0.232 e. The zero-order valence-electron chi connectivity index (χ0n) is 15.1. The number of carbonyl (C=O) groups excluding carboxylic acids is 2. The van der Waals surface area contributed by atoms with Gasteiger partial charge in [0.25, 0.3) is 0 Å². The topological polar surface area (TPSA) is 37.4 Å². The fourth-order valence-electron chi connectivity index (χ4n) is 4.14. The number of anilines is 1. The first-order chi connectivity index (χ1) is 12.7. The third-order valence-electron chi connectivity index (χ3n) is 5.19. The largest absolute Gasteiger partial charge is 0.294 e. The number of amides is 1. The van der Waals surface area contributed by atoms with E-state index < -0.39 is 0 Å². The lowest BCUT2D eigenvalue weighted by atomic mass is 9.69. The number of Topliss-reactive ketones (excluding diaryl/α,β-unsaturated/α-hetero) is 1. The zero-order chi connectivity index (χ0) is 19.3. The van der Waals surface area contributed by atoms with E-state index in [2.05, 4.69) is 13.8 Å². The molecule has 2 heterocycles. The van der Waals surface area contributed by atoms with Gasteiger partial charge in [-0.25, -0.2) is 0 Å². The van der Waals surface area contributed by atoms with Crippen LogP contribution in [0.5, 0.6) is 0 Å². The van der Waals surface area contributed by atoms with Crippen LogP contribution in [0.25, 0.3) is 0 Å². The van der Waals surface area contributed by atoms with Crippen molar-refractivity contribution in [1.29, 1.82) is 0 Å².